The predicted octanol–water partition coefficient (Wildman–Crippen LogP) is 10.5. The standard InChI is InChI=1S/C52H87NO8/c1-3-5-7-8-9-10-11-12-13-14-15-16-17-18-19-20-21-22-23-24-25-26-27-28-29-30-31-32-33-34-35-36-37-38-40-42-48(56)53-45(46(55)41-39-6-4-2)44-60-52-51(59)50(58)49(57)47(43-54)61-52/h5,7,9-10,12-13,15-16,18-19,21-22,24-25,27-28,45-47,49-52,54-55,57-59H,3-4,6,8,11,14,17,20,23,26,29-44H2,1-2H3,(H,53,56)/b7-5-,10-9-,13-12-,16-15-,19-18-,22-21-,25-24-,28-27-. The van der Waals surface area contributed by atoms with Crippen LogP contribution in [-0.4, -0.2) is 87.5 Å². The molecule has 0 saturated carbocycles. The molecule has 1 amide bonds. The molecule has 348 valence electrons. The lowest BCUT2D eigenvalue weighted by Crippen LogP contribution is -2.60. The van der Waals surface area contributed by atoms with Crippen LogP contribution in [0.3, 0.4) is 0 Å². The second-order valence-electron chi connectivity index (χ2n) is 16.2. The van der Waals surface area contributed by atoms with E-state index < -0.39 is 49.5 Å². The summed E-state index contributed by atoms with van der Waals surface area (Å²) in [6.07, 6.45) is 52.4. The van der Waals surface area contributed by atoms with Crippen LogP contribution in [0.4, 0.5) is 0 Å². The van der Waals surface area contributed by atoms with Gasteiger partial charge in [-0.3, -0.25) is 4.79 Å². The Morgan fingerprint density at radius 3 is 1.48 bits per heavy atom. The molecular weight excluding hydrogens is 767 g/mol. The zero-order valence-corrected chi connectivity index (χ0v) is 38.1. The maximum absolute atomic E-state index is 12.8. The highest BCUT2D eigenvalue weighted by Gasteiger charge is 2.44. The monoisotopic (exact) mass is 854 g/mol. The number of aliphatic hydroxyl groups is 5. The Hall–Kier alpha value is -2.89. The second-order valence-corrected chi connectivity index (χ2v) is 16.2. The maximum Gasteiger partial charge on any atom is 0.220 e. The first kappa shape index (κ1) is 56.1. The number of carbonyl (C=O) groups excluding carboxylic acids is 1. The van der Waals surface area contributed by atoms with Gasteiger partial charge in [0.25, 0.3) is 0 Å². The molecule has 0 aromatic rings. The van der Waals surface area contributed by atoms with E-state index in [2.05, 4.69) is 116 Å². The minimum atomic E-state index is -1.55. The third kappa shape index (κ3) is 31.6. The van der Waals surface area contributed by atoms with Crippen molar-refractivity contribution in [1.29, 1.82) is 0 Å². The van der Waals surface area contributed by atoms with Crippen molar-refractivity contribution in [3.05, 3.63) is 97.2 Å². The number of amides is 1. The van der Waals surface area contributed by atoms with E-state index in [1.54, 1.807) is 0 Å². The summed E-state index contributed by atoms with van der Waals surface area (Å²) in [5, 5.41) is 53.6. The van der Waals surface area contributed by atoms with Gasteiger partial charge in [0.05, 0.1) is 25.4 Å². The molecule has 0 aromatic heterocycles. The summed E-state index contributed by atoms with van der Waals surface area (Å²) in [7, 11) is 0. The summed E-state index contributed by atoms with van der Waals surface area (Å²) in [4.78, 5) is 12.8. The lowest BCUT2D eigenvalue weighted by Gasteiger charge is -2.40. The van der Waals surface area contributed by atoms with Crippen LogP contribution in [-0.2, 0) is 14.3 Å². The lowest BCUT2D eigenvalue weighted by atomic mass is 9.99. The van der Waals surface area contributed by atoms with Crippen LogP contribution in [0.2, 0.25) is 0 Å². The summed E-state index contributed by atoms with van der Waals surface area (Å²) >= 11 is 0. The summed E-state index contributed by atoms with van der Waals surface area (Å²) in [5.74, 6) is -0.167. The largest absolute Gasteiger partial charge is 0.394 e. The van der Waals surface area contributed by atoms with Gasteiger partial charge < -0.3 is 40.3 Å². The van der Waals surface area contributed by atoms with Crippen molar-refractivity contribution in [2.75, 3.05) is 13.2 Å². The zero-order chi connectivity index (χ0) is 44.4. The molecule has 6 N–H and O–H groups in total. The summed E-state index contributed by atoms with van der Waals surface area (Å²) in [5.41, 5.74) is 0. The third-order valence-electron chi connectivity index (χ3n) is 10.7. The van der Waals surface area contributed by atoms with Crippen molar-refractivity contribution >= 4 is 5.91 Å². The zero-order valence-electron chi connectivity index (χ0n) is 38.1. The van der Waals surface area contributed by atoms with Gasteiger partial charge in [0.1, 0.15) is 24.4 Å². The molecule has 0 bridgehead atoms. The molecule has 0 aliphatic carbocycles. The van der Waals surface area contributed by atoms with Gasteiger partial charge >= 0.3 is 0 Å². The van der Waals surface area contributed by atoms with Crippen LogP contribution in [0.25, 0.3) is 0 Å². The molecule has 0 spiro atoms. The quantitative estimate of drug-likeness (QED) is 0.0266. The molecule has 1 aliphatic heterocycles. The molecule has 0 aromatic carbocycles. The number of ether oxygens (including phenoxy) is 2. The Morgan fingerprint density at radius 2 is 1.02 bits per heavy atom. The SMILES string of the molecule is CC/C=C\C/C=C\C/C=C\C/C=C\C/C=C\C/C=C\C/C=C\C/C=C\CCCCCCCCCCCCC(=O)NC(COC1OC(CO)C(O)C(O)C1O)C(O)CCCCC. The molecule has 9 heteroatoms. The van der Waals surface area contributed by atoms with E-state index >= 15 is 0 Å². The first-order chi connectivity index (χ1) is 29.8. The fourth-order valence-corrected chi connectivity index (χ4v) is 6.88. The number of hydrogen-bond acceptors (Lipinski definition) is 8. The van der Waals surface area contributed by atoms with Crippen molar-refractivity contribution in [3.8, 4) is 0 Å². The average Bonchev–Trinajstić information content (AvgIpc) is 3.26. The number of nitrogens with one attached hydrogen (secondary N) is 1. The van der Waals surface area contributed by atoms with Crippen LogP contribution in [0.15, 0.2) is 97.2 Å². The number of rotatable bonds is 38. The molecular formula is C52H87NO8. The summed E-state index contributed by atoms with van der Waals surface area (Å²) < 4.78 is 11.1. The third-order valence-corrected chi connectivity index (χ3v) is 10.7. The number of hydrogen-bond donors (Lipinski definition) is 6. The minimum Gasteiger partial charge on any atom is -0.394 e. The molecule has 0 radical (unpaired) electrons. The highest BCUT2D eigenvalue weighted by atomic mass is 16.7. The number of carbonyl (C=O) groups is 1. The maximum atomic E-state index is 12.8. The van der Waals surface area contributed by atoms with Gasteiger partial charge in [-0.15, -0.1) is 0 Å². The van der Waals surface area contributed by atoms with Crippen LogP contribution >= 0.6 is 0 Å². The van der Waals surface area contributed by atoms with Gasteiger partial charge in [-0.05, 0) is 77.0 Å². The van der Waals surface area contributed by atoms with Gasteiger partial charge in [-0.1, -0.05) is 182 Å². The van der Waals surface area contributed by atoms with E-state index in [1.807, 2.05) is 0 Å². The Bertz CT molecular complexity index is 1270. The van der Waals surface area contributed by atoms with Crippen molar-refractivity contribution in [2.24, 2.45) is 0 Å². The first-order valence-corrected chi connectivity index (χ1v) is 23.9. The molecule has 1 saturated heterocycles. The van der Waals surface area contributed by atoms with Gasteiger partial charge in [-0.2, -0.15) is 0 Å². The van der Waals surface area contributed by atoms with Crippen LogP contribution < -0.4 is 5.32 Å². The van der Waals surface area contributed by atoms with Crippen LogP contribution in [0.5, 0.6) is 0 Å². The number of aliphatic hydroxyl groups excluding tert-OH is 5. The van der Waals surface area contributed by atoms with Crippen LogP contribution in [0.1, 0.15) is 168 Å². The Kier molecular flexibility index (Phi) is 37.9. The van der Waals surface area contributed by atoms with Crippen molar-refractivity contribution in [1.82, 2.24) is 5.32 Å². The highest BCUT2D eigenvalue weighted by molar-refractivity contribution is 5.76. The average molecular weight is 854 g/mol. The van der Waals surface area contributed by atoms with Crippen molar-refractivity contribution < 1.29 is 39.8 Å². The number of unbranched alkanes of at least 4 members (excludes halogenated alkanes) is 12. The van der Waals surface area contributed by atoms with E-state index in [0.717, 1.165) is 96.3 Å². The first-order valence-electron chi connectivity index (χ1n) is 23.9. The van der Waals surface area contributed by atoms with E-state index in [9.17, 15) is 30.3 Å². The lowest BCUT2D eigenvalue weighted by molar-refractivity contribution is -0.302. The summed E-state index contributed by atoms with van der Waals surface area (Å²) in [6.45, 7) is 3.52. The van der Waals surface area contributed by atoms with Gasteiger partial charge in [0, 0.05) is 6.42 Å². The molecule has 7 unspecified atom stereocenters. The highest BCUT2D eigenvalue weighted by Crippen LogP contribution is 2.23. The molecule has 7 atom stereocenters. The smallest absolute Gasteiger partial charge is 0.220 e. The van der Waals surface area contributed by atoms with E-state index in [-0.39, 0.29) is 12.5 Å². The van der Waals surface area contributed by atoms with E-state index in [1.165, 1.54) is 44.9 Å². The normalized spacial score (nSPS) is 21.3. The van der Waals surface area contributed by atoms with Crippen LogP contribution in [0, 0.1) is 0 Å². The van der Waals surface area contributed by atoms with Gasteiger partial charge in [0.2, 0.25) is 5.91 Å². The fraction of sp³-hybridized carbons (Fsp3) is 0.673. The number of allylic oxidation sites excluding steroid dienone is 16. The molecule has 61 heavy (non-hydrogen) atoms. The van der Waals surface area contributed by atoms with Gasteiger partial charge in [0.15, 0.2) is 6.29 Å². The molecule has 1 heterocycles. The van der Waals surface area contributed by atoms with E-state index in [4.69, 9.17) is 9.47 Å². The Balaban J connectivity index is 2.04. The Morgan fingerprint density at radius 1 is 0.574 bits per heavy atom. The molecule has 1 fully saturated rings. The Labute approximate surface area is 371 Å². The molecule has 9 nitrogen and oxygen atoms in total. The van der Waals surface area contributed by atoms with E-state index in [0.29, 0.717) is 12.8 Å². The molecule has 1 aliphatic rings. The fourth-order valence-electron chi connectivity index (χ4n) is 6.88. The van der Waals surface area contributed by atoms with Crippen molar-refractivity contribution in [2.45, 2.75) is 211 Å². The topological polar surface area (TPSA) is 149 Å². The second kappa shape index (κ2) is 41.1. The summed E-state index contributed by atoms with van der Waals surface area (Å²) in [6, 6.07) is -0.722. The predicted molar refractivity (Wildman–Crippen MR) is 253 cm³/mol. The minimum absolute atomic E-state index is 0.150. The van der Waals surface area contributed by atoms with Crippen molar-refractivity contribution in [3.63, 3.8) is 0 Å². The van der Waals surface area contributed by atoms with Gasteiger partial charge in [-0.25, -0.2) is 0 Å². The molecule has 1 rings (SSSR count).